The van der Waals surface area contributed by atoms with Gasteiger partial charge in [0.15, 0.2) is 0 Å². The van der Waals surface area contributed by atoms with Crippen molar-refractivity contribution in [3.05, 3.63) is 182 Å². The minimum atomic E-state index is 0.0949. The summed E-state index contributed by atoms with van der Waals surface area (Å²) in [7, 11) is 0. The van der Waals surface area contributed by atoms with Gasteiger partial charge in [-0.3, -0.25) is 0 Å². The van der Waals surface area contributed by atoms with Crippen molar-refractivity contribution >= 4 is 62.8 Å². The van der Waals surface area contributed by atoms with E-state index in [0.29, 0.717) is 5.92 Å². The fourth-order valence-electron chi connectivity index (χ4n) is 7.53. The van der Waals surface area contributed by atoms with Crippen molar-refractivity contribution in [3.8, 4) is 11.1 Å². The molecule has 0 saturated heterocycles. The van der Waals surface area contributed by atoms with E-state index in [4.69, 9.17) is 0 Å². The Labute approximate surface area is 291 Å². The van der Waals surface area contributed by atoms with Gasteiger partial charge in [0.05, 0.1) is 0 Å². The Morgan fingerprint density at radius 1 is 0.571 bits per heavy atom. The van der Waals surface area contributed by atoms with Gasteiger partial charge in [-0.15, -0.1) is 0 Å². The predicted octanol–water partition coefficient (Wildman–Crippen LogP) is 10.6. The van der Waals surface area contributed by atoms with Crippen LogP contribution in [0.25, 0.3) is 16.7 Å². The number of rotatable bonds is 7. The number of hydrogen-bond acceptors (Lipinski definition) is 2. The molecule has 0 spiro atoms. The molecule has 0 saturated carbocycles. The molecule has 0 amide bonds. The van der Waals surface area contributed by atoms with Crippen LogP contribution in [0.15, 0.2) is 176 Å². The first kappa shape index (κ1) is 30.5. The topological polar surface area (TPSA) is 6.48 Å². The van der Waals surface area contributed by atoms with Crippen LogP contribution < -0.4 is 26.2 Å². The number of benzene rings is 6. The summed E-state index contributed by atoms with van der Waals surface area (Å²) in [5, 5.41) is 0. The fraction of sp³-hybridized carbons (Fsp3) is 0.0870. The van der Waals surface area contributed by atoms with Gasteiger partial charge in [-0.1, -0.05) is 136 Å². The highest BCUT2D eigenvalue weighted by Gasteiger charge is 2.43. The molecule has 6 aromatic carbocycles. The molecule has 3 heteroatoms. The summed E-state index contributed by atoms with van der Waals surface area (Å²) in [6.07, 6.45) is 6.42. The molecule has 0 atom stereocenters. The molecule has 0 aliphatic carbocycles. The number of anilines is 6. The summed E-state index contributed by atoms with van der Waals surface area (Å²) in [5.74, 6) is 0.421. The van der Waals surface area contributed by atoms with Gasteiger partial charge in [0, 0.05) is 34.1 Å². The molecule has 8 rings (SSSR count). The van der Waals surface area contributed by atoms with Crippen molar-refractivity contribution < 1.29 is 0 Å². The lowest BCUT2D eigenvalue weighted by Crippen LogP contribution is -2.61. The molecule has 236 valence electrons. The van der Waals surface area contributed by atoms with Gasteiger partial charge < -0.3 is 9.80 Å². The van der Waals surface area contributed by atoms with Gasteiger partial charge >= 0.3 is 0 Å². The first-order valence-electron chi connectivity index (χ1n) is 17.2. The minimum Gasteiger partial charge on any atom is -0.311 e. The highest BCUT2D eigenvalue weighted by Crippen LogP contribution is 2.44. The van der Waals surface area contributed by atoms with Gasteiger partial charge in [0.1, 0.15) is 0 Å². The molecule has 2 nitrogen and oxygen atoms in total. The third-order valence-corrected chi connectivity index (χ3v) is 10.0. The Hall–Kier alpha value is -5.80. The molecule has 0 aromatic heterocycles. The van der Waals surface area contributed by atoms with E-state index in [0.717, 1.165) is 11.4 Å². The Bertz CT molecular complexity index is 2250. The second kappa shape index (κ2) is 12.7. The van der Waals surface area contributed by atoms with Gasteiger partial charge in [0.2, 0.25) is 0 Å². The Morgan fingerprint density at radius 2 is 1.16 bits per heavy atom. The Morgan fingerprint density at radius 3 is 1.90 bits per heavy atom. The van der Waals surface area contributed by atoms with E-state index in [2.05, 4.69) is 195 Å². The van der Waals surface area contributed by atoms with Crippen LogP contribution in [0.5, 0.6) is 0 Å². The van der Waals surface area contributed by atoms with E-state index in [1.807, 2.05) is 6.08 Å². The first-order chi connectivity index (χ1) is 24.0. The second-order valence-corrected chi connectivity index (χ2v) is 13.3. The monoisotopic (exact) mass is 630 g/mol. The van der Waals surface area contributed by atoms with Gasteiger partial charge in [-0.2, -0.15) is 0 Å². The van der Waals surface area contributed by atoms with Crippen molar-refractivity contribution in [2.24, 2.45) is 5.92 Å². The lowest BCUT2D eigenvalue weighted by Gasteiger charge is -2.44. The normalized spacial score (nSPS) is 13.6. The van der Waals surface area contributed by atoms with Crippen LogP contribution in [-0.2, 0) is 0 Å². The average molecular weight is 631 g/mol. The number of fused-ring (bicyclic) bond motifs is 4. The van der Waals surface area contributed by atoms with Crippen LogP contribution in [0.4, 0.5) is 34.1 Å². The van der Waals surface area contributed by atoms with Crippen molar-refractivity contribution in [1.82, 2.24) is 0 Å². The van der Waals surface area contributed by atoms with Crippen LogP contribution in [0.3, 0.4) is 0 Å². The zero-order chi connectivity index (χ0) is 33.5. The average Bonchev–Trinajstić information content (AvgIpc) is 3.15. The maximum Gasteiger partial charge on any atom is 0.252 e. The molecule has 6 aromatic rings. The van der Waals surface area contributed by atoms with Crippen molar-refractivity contribution in [2.45, 2.75) is 20.8 Å². The highest BCUT2D eigenvalue weighted by molar-refractivity contribution is 7.00. The van der Waals surface area contributed by atoms with Crippen molar-refractivity contribution in [3.63, 3.8) is 0 Å². The molecular formula is C46H39BN2. The largest absolute Gasteiger partial charge is 0.311 e. The maximum absolute atomic E-state index is 4.05. The summed E-state index contributed by atoms with van der Waals surface area (Å²) in [6.45, 7) is 10.8. The maximum atomic E-state index is 4.05. The third kappa shape index (κ3) is 5.32. The van der Waals surface area contributed by atoms with Crippen molar-refractivity contribution in [1.29, 1.82) is 0 Å². The summed E-state index contributed by atoms with van der Waals surface area (Å²) >= 11 is 0. The molecule has 2 heterocycles. The van der Waals surface area contributed by atoms with E-state index < -0.39 is 0 Å². The highest BCUT2D eigenvalue weighted by atomic mass is 15.2. The number of para-hydroxylation sites is 2. The number of allylic oxidation sites excluding steroid dienone is 5. The summed E-state index contributed by atoms with van der Waals surface area (Å²) in [5.41, 5.74) is 17.2. The molecule has 49 heavy (non-hydrogen) atoms. The van der Waals surface area contributed by atoms with Crippen LogP contribution in [0, 0.1) is 5.92 Å². The smallest absolute Gasteiger partial charge is 0.252 e. The molecule has 0 unspecified atom stereocenters. The molecule has 0 bridgehead atoms. The van der Waals surface area contributed by atoms with Gasteiger partial charge in [-0.25, -0.2) is 0 Å². The zero-order valence-electron chi connectivity index (χ0n) is 28.3. The van der Waals surface area contributed by atoms with E-state index in [9.17, 15) is 0 Å². The number of hydrogen-bond donors (Lipinski definition) is 0. The zero-order valence-corrected chi connectivity index (χ0v) is 28.3. The fourth-order valence-corrected chi connectivity index (χ4v) is 7.53. The van der Waals surface area contributed by atoms with Crippen LogP contribution in [-0.4, -0.2) is 6.71 Å². The molecule has 0 fully saturated rings. The molecular weight excluding hydrogens is 591 g/mol. The van der Waals surface area contributed by atoms with E-state index in [-0.39, 0.29) is 6.71 Å². The van der Waals surface area contributed by atoms with Crippen LogP contribution in [0.2, 0.25) is 0 Å². The predicted molar refractivity (Wildman–Crippen MR) is 213 cm³/mol. The molecule has 0 radical (unpaired) electrons. The SMILES string of the molecule is C=C/C(=C\C=C(/C)c1ccc2c(c1)N(c1cccc(-c3ccccc3)c1)c1cccc3c1B2c1ccccc1N3c1ccccc1)C(C)C. The van der Waals surface area contributed by atoms with E-state index >= 15 is 0 Å². The van der Waals surface area contributed by atoms with Crippen LogP contribution in [0.1, 0.15) is 26.3 Å². The second-order valence-electron chi connectivity index (χ2n) is 13.3. The van der Waals surface area contributed by atoms with Gasteiger partial charge in [-0.05, 0) is 106 Å². The number of nitrogens with zero attached hydrogens (tertiary/aromatic N) is 2. The summed E-state index contributed by atoms with van der Waals surface area (Å²) in [4.78, 5) is 4.93. The van der Waals surface area contributed by atoms with Crippen LogP contribution >= 0.6 is 0 Å². The lowest BCUT2D eigenvalue weighted by atomic mass is 9.33. The van der Waals surface area contributed by atoms with Crippen molar-refractivity contribution in [2.75, 3.05) is 9.80 Å². The molecule has 0 N–H and O–H groups in total. The van der Waals surface area contributed by atoms with E-state index in [1.54, 1.807) is 0 Å². The Kier molecular flexibility index (Phi) is 7.89. The molecule has 2 aliphatic rings. The van der Waals surface area contributed by atoms with E-state index in [1.165, 1.54) is 67.0 Å². The quantitative estimate of drug-likeness (QED) is 0.128. The Balaban J connectivity index is 1.38. The minimum absolute atomic E-state index is 0.0949. The first-order valence-corrected chi connectivity index (χ1v) is 17.2. The van der Waals surface area contributed by atoms with Gasteiger partial charge in [0.25, 0.3) is 6.71 Å². The summed E-state index contributed by atoms with van der Waals surface area (Å²) < 4.78 is 0. The lowest BCUT2D eigenvalue weighted by molar-refractivity contribution is 0.792. The molecule has 2 aliphatic heterocycles. The standard InChI is InChI=1S/C46H39BN2/c1-5-34(32(2)3)27-26-33(4)36-28-29-41-45(31-36)49(39-21-14-18-37(30-39)35-16-8-6-9-17-35)44-25-15-24-43-46(44)47(41)40-22-12-13-23-42(40)48(43)38-19-10-7-11-20-38/h5-32H,1H2,2-4H3/b33-26+,34-27+. The third-order valence-electron chi connectivity index (χ3n) is 10.0. The summed E-state index contributed by atoms with van der Waals surface area (Å²) in [6, 6.07) is 53.2.